The number of carbonyl (C=O) groups excluding carboxylic acids is 3. The Morgan fingerprint density at radius 1 is 0.943 bits per heavy atom. The van der Waals surface area contributed by atoms with E-state index in [0.29, 0.717) is 27.5 Å². The summed E-state index contributed by atoms with van der Waals surface area (Å²) in [6.07, 6.45) is 0. The standard InChI is InChI=1S/C25H21BrClN3O5/c1-14-11-18(26)8-9-20(14)28-23(31)24(32)30-29-15(2)16-7-10-21(22(13-16)34-3)35-25(33)17-5-4-6-19(27)12-17/h4-13H,1-3H3,(H,28,31)(H,30,32). The second-order valence-corrected chi connectivity index (χ2v) is 8.67. The van der Waals surface area contributed by atoms with Gasteiger partial charge in [0.25, 0.3) is 0 Å². The van der Waals surface area contributed by atoms with Gasteiger partial charge in [-0.2, -0.15) is 5.10 Å². The molecule has 0 saturated heterocycles. The largest absolute Gasteiger partial charge is 0.493 e. The van der Waals surface area contributed by atoms with Crippen LogP contribution in [0.5, 0.6) is 11.5 Å². The molecule has 0 aliphatic rings. The van der Waals surface area contributed by atoms with Gasteiger partial charge in [-0.25, -0.2) is 10.2 Å². The van der Waals surface area contributed by atoms with Gasteiger partial charge in [0.15, 0.2) is 11.5 Å². The van der Waals surface area contributed by atoms with Crippen molar-refractivity contribution >= 4 is 56.7 Å². The Morgan fingerprint density at radius 3 is 2.40 bits per heavy atom. The highest BCUT2D eigenvalue weighted by atomic mass is 79.9. The molecule has 180 valence electrons. The van der Waals surface area contributed by atoms with Crippen LogP contribution in [-0.2, 0) is 9.59 Å². The van der Waals surface area contributed by atoms with E-state index in [-0.39, 0.29) is 11.5 Å². The van der Waals surface area contributed by atoms with E-state index in [1.165, 1.54) is 13.2 Å². The van der Waals surface area contributed by atoms with Crippen LogP contribution in [0.2, 0.25) is 5.02 Å². The third-order valence-electron chi connectivity index (χ3n) is 4.81. The van der Waals surface area contributed by atoms with Crippen molar-refractivity contribution < 1.29 is 23.9 Å². The first-order valence-electron chi connectivity index (χ1n) is 10.3. The number of anilines is 1. The number of hydrogen-bond donors (Lipinski definition) is 2. The lowest BCUT2D eigenvalue weighted by atomic mass is 10.1. The van der Waals surface area contributed by atoms with Crippen LogP contribution in [-0.4, -0.2) is 30.6 Å². The molecule has 3 aromatic carbocycles. The Hall–Kier alpha value is -3.69. The molecule has 0 atom stereocenters. The van der Waals surface area contributed by atoms with Gasteiger partial charge >= 0.3 is 17.8 Å². The molecule has 2 amide bonds. The number of nitrogens with one attached hydrogen (secondary N) is 2. The number of amides is 2. The molecule has 8 nitrogen and oxygen atoms in total. The zero-order valence-corrected chi connectivity index (χ0v) is 21.4. The molecule has 0 fully saturated rings. The average Bonchev–Trinajstić information content (AvgIpc) is 2.84. The van der Waals surface area contributed by atoms with Crippen molar-refractivity contribution in [1.82, 2.24) is 5.43 Å². The number of nitrogens with zero attached hydrogens (tertiary/aromatic N) is 1. The molecule has 2 N–H and O–H groups in total. The quantitative estimate of drug-likeness (QED) is 0.144. The minimum atomic E-state index is -0.925. The number of ether oxygens (including phenoxy) is 2. The molecule has 0 saturated carbocycles. The normalized spacial score (nSPS) is 10.9. The summed E-state index contributed by atoms with van der Waals surface area (Å²) in [5, 5.41) is 6.94. The van der Waals surface area contributed by atoms with Gasteiger partial charge < -0.3 is 14.8 Å². The van der Waals surface area contributed by atoms with Crippen LogP contribution < -0.4 is 20.2 Å². The predicted octanol–water partition coefficient (Wildman–Crippen LogP) is 5.12. The number of hydrazone groups is 1. The molecule has 0 heterocycles. The maximum atomic E-state index is 12.4. The summed E-state index contributed by atoms with van der Waals surface area (Å²) in [7, 11) is 1.43. The molecule has 0 aliphatic carbocycles. The van der Waals surface area contributed by atoms with Crippen molar-refractivity contribution in [2.75, 3.05) is 12.4 Å². The zero-order valence-electron chi connectivity index (χ0n) is 19.0. The molecular formula is C25H21BrClN3O5. The van der Waals surface area contributed by atoms with Crippen molar-refractivity contribution in [1.29, 1.82) is 0 Å². The van der Waals surface area contributed by atoms with E-state index in [1.807, 2.05) is 13.0 Å². The number of methoxy groups -OCH3 is 1. The van der Waals surface area contributed by atoms with Gasteiger partial charge in [-0.3, -0.25) is 9.59 Å². The Labute approximate surface area is 215 Å². The summed E-state index contributed by atoms with van der Waals surface area (Å²) < 4.78 is 11.6. The van der Waals surface area contributed by atoms with E-state index in [4.69, 9.17) is 21.1 Å². The lowest BCUT2D eigenvalue weighted by molar-refractivity contribution is -0.136. The zero-order chi connectivity index (χ0) is 25.5. The van der Waals surface area contributed by atoms with Crippen LogP contribution in [0.15, 0.2) is 70.2 Å². The highest BCUT2D eigenvalue weighted by molar-refractivity contribution is 9.10. The van der Waals surface area contributed by atoms with Gasteiger partial charge in [-0.05, 0) is 74.0 Å². The Bertz CT molecular complexity index is 1330. The first kappa shape index (κ1) is 25.9. The van der Waals surface area contributed by atoms with Gasteiger partial charge in [0.2, 0.25) is 0 Å². The molecule has 0 aromatic heterocycles. The van der Waals surface area contributed by atoms with Crippen molar-refractivity contribution in [2.24, 2.45) is 5.10 Å². The van der Waals surface area contributed by atoms with Gasteiger partial charge in [0.1, 0.15) is 0 Å². The van der Waals surface area contributed by atoms with E-state index < -0.39 is 17.8 Å². The minimum absolute atomic E-state index is 0.197. The van der Waals surface area contributed by atoms with Crippen LogP contribution in [0.1, 0.15) is 28.4 Å². The smallest absolute Gasteiger partial charge is 0.343 e. The van der Waals surface area contributed by atoms with Crippen LogP contribution in [0.3, 0.4) is 0 Å². The summed E-state index contributed by atoms with van der Waals surface area (Å²) >= 11 is 9.27. The molecular weight excluding hydrogens is 538 g/mol. The first-order valence-corrected chi connectivity index (χ1v) is 11.4. The summed E-state index contributed by atoms with van der Waals surface area (Å²) in [6.45, 7) is 3.45. The SMILES string of the molecule is COc1cc(C(C)=NNC(=O)C(=O)Nc2ccc(Br)cc2C)ccc1OC(=O)c1cccc(Cl)c1. The maximum absolute atomic E-state index is 12.4. The summed E-state index contributed by atoms with van der Waals surface area (Å²) in [5.41, 5.74) is 4.81. The van der Waals surface area contributed by atoms with Crippen molar-refractivity contribution in [3.05, 3.63) is 86.8 Å². The summed E-state index contributed by atoms with van der Waals surface area (Å²) in [6, 6.07) is 16.4. The number of esters is 1. The fourth-order valence-corrected chi connectivity index (χ4v) is 3.61. The highest BCUT2D eigenvalue weighted by Gasteiger charge is 2.16. The lowest BCUT2D eigenvalue weighted by Crippen LogP contribution is -2.33. The van der Waals surface area contributed by atoms with Crippen molar-refractivity contribution in [2.45, 2.75) is 13.8 Å². The van der Waals surface area contributed by atoms with Crippen LogP contribution >= 0.6 is 27.5 Å². The van der Waals surface area contributed by atoms with Gasteiger partial charge in [-0.15, -0.1) is 0 Å². The van der Waals surface area contributed by atoms with Gasteiger partial charge in [0.05, 0.1) is 18.4 Å². The van der Waals surface area contributed by atoms with E-state index >= 15 is 0 Å². The van der Waals surface area contributed by atoms with Crippen molar-refractivity contribution in [3.8, 4) is 11.5 Å². The molecule has 0 radical (unpaired) electrons. The number of rotatable bonds is 6. The first-order chi connectivity index (χ1) is 16.7. The van der Waals surface area contributed by atoms with E-state index in [0.717, 1.165) is 10.0 Å². The Kier molecular flexibility index (Phi) is 8.62. The third-order valence-corrected chi connectivity index (χ3v) is 5.54. The average molecular weight is 559 g/mol. The lowest BCUT2D eigenvalue weighted by Gasteiger charge is -2.11. The molecule has 3 aromatic rings. The van der Waals surface area contributed by atoms with E-state index in [9.17, 15) is 14.4 Å². The molecule has 10 heteroatoms. The van der Waals surface area contributed by atoms with Gasteiger partial charge in [-0.1, -0.05) is 33.6 Å². The highest BCUT2D eigenvalue weighted by Crippen LogP contribution is 2.29. The summed E-state index contributed by atoms with van der Waals surface area (Å²) in [5.74, 6) is -1.90. The molecule has 0 unspecified atom stereocenters. The number of benzene rings is 3. The van der Waals surface area contributed by atoms with Crippen LogP contribution in [0.4, 0.5) is 5.69 Å². The van der Waals surface area contributed by atoms with E-state index in [1.54, 1.807) is 55.5 Å². The number of halogens is 2. The molecule has 0 spiro atoms. The molecule has 3 rings (SSSR count). The van der Waals surface area contributed by atoms with E-state index in [2.05, 4.69) is 31.8 Å². The minimum Gasteiger partial charge on any atom is -0.493 e. The molecule has 0 bridgehead atoms. The van der Waals surface area contributed by atoms with Gasteiger partial charge in [0, 0.05) is 20.7 Å². The number of hydrogen-bond acceptors (Lipinski definition) is 6. The fourth-order valence-electron chi connectivity index (χ4n) is 2.95. The summed E-state index contributed by atoms with van der Waals surface area (Å²) in [4.78, 5) is 36.8. The Morgan fingerprint density at radius 2 is 1.71 bits per heavy atom. The second-order valence-electron chi connectivity index (χ2n) is 7.32. The van der Waals surface area contributed by atoms with Crippen LogP contribution in [0.25, 0.3) is 0 Å². The Balaban J connectivity index is 1.67. The monoisotopic (exact) mass is 557 g/mol. The van der Waals surface area contributed by atoms with Crippen molar-refractivity contribution in [3.63, 3.8) is 0 Å². The maximum Gasteiger partial charge on any atom is 0.343 e. The molecule has 0 aliphatic heterocycles. The fraction of sp³-hybridized carbons (Fsp3) is 0.120. The van der Waals surface area contributed by atoms with Crippen LogP contribution in [0, 0.1) is 6.92 Å². The predicted molar refractivity (Wildman–Crippen MR) is 137 cm³/mol. The molecule has 35 heavy (non-hydrogen) atoms. The topological polar surface area (TPSA) is 106 Å². The number of carbonyl (C=O) groups is 3. The third kappa shape index (κ3) is 6.91. The second kappa shape index (κ2) is 11.6. The number of aryl methyl sites for hydroxylation is 1.